The van der Waals surface area contributed by atoms with Crippen LogP contribution in [0.15, 0.2) is 0 Å². The van der Waals surface area contributed by atoms with Crippen LogP contribution in [0.25, 0.3) is 0 Å². The van der Waals surface area contributed by atoms with Crippen LogP contribution in [0.2, 0.25) is 0 Å². The maximum Gasteiger partial charge on any atom is 0.289 e. The lowest BCUT2D eigenvalue weighted by Crippen LogP contribution is -2.51. The van der Waals surface area contributed by atoms with Crippen molar-refractivity contribution in [3.63, 3.8) is 0 Å². The molecule has 8 nitrogen and oxygen atoms in total. The summed E-state index contributed by atoms with van der Waals surface area (Å²) < 4.78 is 2.02. The molecule has 28 heavy (non-hydrogen) atoms. The van der Waals surface area contributed by atoms with Crippen molar-refractivity contribution in [2.24, 2.45) is 11.8 Å². The van der Waals surface area contributed by atoms with Gasteiger partial charge in [-0.3, -0.25) is 9.59 Å². The third-order valence-corrected chi connectivity index (χ3v) is 7.21. The van der Waals surface area contributed by atoms with E-state index >= 15 is 0 Å². The number of nitrogens with one attached hydrogen (secondary N) is 1. The normalized spacial score (nSPS) is 28.5. The number of fused-ring (bicyclic) bond motifs is 2. The first kappa shape index (κ1) is 18.1. The van der Waals surface area contributed by atoms with Gasteiger partial charge in [-0.15, -0.1) is 10.2 Å². The van der Waals surface area contributed by atoms with Gasteiger partial charge in [0.05, 0.1) is 6.10 Å². The van der Waals surface area contributed by atoms with E-state index in [0.29, 0.717) is 24.6 Å². The number of rotatable bonds is 4. The highest BCUT2D eigenvalue weighted by atomic mass is 16.3. The zero-order valence-electron chi connectivity index (χ0n) is 16.3. The third kappa shape index (κ3) is 3.11. The molecule has 3 heterocycles. The molecule has 1 aromatic heterocycles. The topological polar surface area (TPSA) is 100 Å². The summed E-state index contributed by atoms with van der Waals surface area (Å²) in [5.41, 5.74) is -0.0732. The van der Waals surface area contributed by atoms with Crippen LogP contribution in [-0.2, 0) is 16.8 Å². The van der Waals surface area contributed by atoms with E-state index in [4.69, 9.17) is 0 Å². The standard InChI is InChI=1S/C20H29N5O3/c26-15-10-14(11-15)18(28)24-8-5-20(6-9-24)4-1-7-25-16(22-23-19(20)25)17(27)21-12-13-2-3-13/h13-15,26H,1-12H2,(H,21,27). The fourth-order valence-corrected chi connectivity index (χ4v) is 5.08. The summed E-state index contributed by atoms with van der Waals surface area (Å²) >= 11 is 0. The second-order valence-electron chi connectivity index (χ2n) is 9.18. The van der Waals surface area contributed by atoms with Gasteiger partial charge in [-0.2, -0.15) is 0 Å². The van der Waals surface area contributed by atoms with Gasteiger partial charge in [0.15, 0.2) is 0 Å². The van der Waals surface area contributed by atoms with E-state index in [1.54, 1.807) is 0 Å². The summed E-state index contributed by atoms with van der Waals surface area (Å²) in [5.74, 6) is 2.09. The summed E-state index contributed by atoms with van der Waals surface area (Å²) in [4.78, 5) is 27.1. The van der Waals surface area contributed by atoms with Crippen LogP contribution in [0.3, 0.4) is 0 Å². The predicted molar refractivity (Wildman–Crippen MR) is 101 cm³/mol. The number of aliphatic hydroxyl groups is 1. The van der Waals surface area contributed by atoms with E-state index in [1.165, 1.54) is 12.8 Å². The molecular weight excluding hydrogens is 358 g/mol. The second-order valence-corrected chi connectivity index (χ2v) is 9.18. The Morgan fingerprint density at radius 3 is 2.54 bits per heavy atom. The van der Waals surface area contributed by atoms with Crippen LogP contribution in [-0.4, -0.2) is 62.3 Å². The molecule has 0 atom stereocenters. The van der Waals surface area contributed by atoms with Crippen LogP contribution in [0.5, 0.6) is 0 Å². The van der Waals surface area contributed by atoms with E-state index in [0.717, 1.165) is 57.7 Å². The van der Waals surface area contributed by atoms with Crippen molar-refractivity contribution in [2.45, 2.75) is 69.4 Å². The molecule has 4 aliphatic rings. The molecule has 0 unspecified atom stereocenters. The summed E-state index contributed by atoms with van der Waals surface area (Å²) in [6, 6.07) is 0. The minimum absolute atomic E-state index is 0.000764. The molecule has 2 aliphatic carbocycles. The minimum Gasteiger partial charge on any atom is -0.393 e. The van der Waals surface area contributed by atoms with Gasteiger partial charge < -0.3 is 19.9 Å². The van der Waals surface area contributed by atoms with Gasteiger partial charge in [0.25, 0.3) is 5.91 Å². The Kier molecular flexibility index (Phi) is 4.41. The fourth-order valence-electron chi connectivity index (χ4n) is 5.08. The van der Waals surface area contributed by atoms with Crippen LogP contribution in [0.1, 0.15) is 67.8 Å². The summed E-state index contributed by atoms with van der Waals surface area (Å²) in [6.07, 6.45) is 7.11. The minimum atomic E-state index is -0.300. The zero-order chi connectivity index (χ0) is 19.3. The first-order valence-electron chi connectivity index (χ1n) is 10.7. The highest BCUT2D eigenvalue weighted by Gasteiger charge is 2.45. The van der Waals surface area contributed by atoms with Crippen molar-refractivity contribution >= 4 is 11.8 Å². The second kappa shape index (κ2) is 6.83. The molecule has 0 bridgehead atoms. The molecule has 152 valence electrons. The molecule has 1 spiro atoms. The number of piperidine rings is 1. The Balaban J connectivity index is 1.27. The predicted octanol–water partition coefficient (Wildman–Crippen LogP) is 0.843. The number of nitrogens with zero attached hydrogens (tertiary/aromatic N) is 4. The Morgan fingerprint density at radius 1 is 1.11 bits per heavy atom. The van der Waals surface area contributed by atoms with Crippen molar-refractivity contribution in [3.05, 3.63) is 11.6 Å². The lowest BCUT2D eigenvalue weighted by Gasteiger charge is -2.45. The Hall–Kier alpha value is -1.96. The molecule has 8 heteroatoms. The highest BCUT2D eigenvalue weighted by Crippen LogP contribution is 2.42. The molecule has 3 fully saturated rings. The molecule has 2 N–H and O–H groups in total. The van der Waals surface area contributed by atoms with Crippen LogP contribution < -0.4 is 5.32 Å². The summed E-state index contributed by atoms with van der Waals surface area (Å²) in [7, 11) is 0. The number of aromatic nitrogens is 3. The van der Waals surface area contributed by atoms with Gasteiger partial charge in [0, 0.05) is 37.5 Å². The number of carbonyl (C=O) groups is 2. The lowest BCUT2D eigenvalue weighted by atomic mass is 9.72. The van der Waals surface area contributed by atoms with E-state index < -0.39 is 0 Å². The first-order valence-corrected chi connectivity index (χ1v) is 10.7. The number of aliphatic hydroxyl groups excluding tert-OH is 1. The monoisotopic (exact) mass is 387 g/mol. The zero-order valence-corrected chi connectivity index (χ0v) is 16.3. The van der Waals surface area contributed by atoms with Gasteiger partial charge in [0.2, 0.25) is 11.7 Å². The van der Waals surface area contributed by atoms with Gasteiger partial charge >= 0.3 is 0 Å². The Labute approximate surface area is 164 Å². The largest absolute Gasteiger partial charge is 0.393 e. The Bertz CT molecular complexity index is 773. The summed E-state index contributed by atoms with van der Waals surface area (Å²) in [5, 5.41) is 21.2. The first-order chi connectivity index (χ1) is 13.6. The van der Waals surface area contributed by atoms with Crippen LogP contribution in [0, 0.1) is 11.8 Å². The quantitative estimate of drug-likeness (QED) is 0.798. The number of likely N-dealkylation sites (tertiary alicyclic amines) is 1. The van der Waals surface area contributed by atoms with Gasteiger partial charge in [-0.05, 0) is 57.3 Å². The van der Waals surface area contributed by atoms with E-state index in [2.05, 4.69) is 15.5 Å². The molecule has 2 amide bonds. The highest BCUT2D eigenvalue weighted by molar-refractivity contribution is 5.90. The maximum atomic E-state index is 12.6. The number of carbonyl (C=O) groups excluding carboxylic acids is 2. The molecular formula is C20H29N5O3. The third-order valence-electron chi connectivity index (χ3n) is 7.21. The van der Waals surface area contributed by atoms with Crippen LogP contribution >= 0.6 is 0 Å². The van der Waals surface area contributed by atoms with Crippen molar-refractivity contribution in [3.8, 4) is 0 Å². The van der Waals surface area contributed by atoms with Crippen molar-refractivity contribution in [1.82, 2.24) is 25.0 Å². The van der Waals surface area contributed by atoms with Crippen molar-refractivity contribution in [1.29, 1.82) is 0 Å². The number of hydrogen-bond donors (Lipinski definition) is 2. The maximum absolute atomic E-state index is 12.6. The number of amides is 2. The van der Waals surface area contributed by atoms with Gasteiger partial charge in [-0.25, -0.2) is 0 Å². The average molecular weight is 387 g/mol. The van der Waals surface area contributed by atoms with E-state index in [1.807, 2.05) is 9.47 Å². The molecule has 5 rings (SSSR count). The molecule has 2 aliphatic heterocycles. The van der Waals surface area contributed by atoms with Crippen molar-refractivity contribution < 1.29 is 14.7 Å². The molecule has 2 saturated carbocycles. The van der Waals surface area contributed by atoms with Crippen molar-refractivity contribution in [2.75, 3.05) is 19.6 Å². The molecule has 1 saturated heterocycles. The lowest BCUT2D eigenvalue weighted by molar-refractivity contribution is -0.144. The molecule has 0 aromatic carbocycles. The van der Waals surface area contributed by atoms with Gasteiger partial charge in [0.1, 0.15) is 5.82 Å². The van der Waals surface area contributed by atoms with E-state index in [-0.39, 0.29) is 29.3 Å². The molecule has 0 radical (unpaired) electrons. The smallest absolute Gasteiger partial charge is 0.289 e. The summed E-state index contributed by atoms with van der Waals surface area (Å²) in [6.45, 7) is 2.97. The van der Waals surface area contributed by atoms with Crippen LogP contribution in [0.4, 0.5) is 0 Å². The Morgan fingerprint density at radius 2 is 1.86 bits per heavy atom. The average Bonchev–Trinajstić information content (AvgIpc) is 3.40. The number of hydrogen-bond acceptors (Lipinski definition) is 5. The van der Waals surface area contributed by atoms with E-state index in [9.17, 15) is 14.7 Å². The van der Waals surface area contributed by atoms with Gasteiger partial charge in [-0.1, -0.05) is 0 Å². The molecule has 1 aromatic rings. The SMILES string of the molecule is O=C(NCC1CC1)c1nnc2n1CCCC21CCN(C(=O)C2CC(O)C2)CC1. The fraction of sp³-hybridized carbons (Fsp3) is 0.800.